The first kappa shape index (κ1) is 24.9. The lowest BCUT2D eigenvalue weighted by Crippen LogP contribution is -2.78. The van der Waals surface area contributed by atoms with Gasteiger partial charge in [-0.3, -0.25) is 0 Å². The minimum absolute atomic E-state index is 0.108. The van der Waals surface area contributed by atoms with Crippen molar-refractivity contribution in [2.75, 3.05) is 7.05 Å². The Morgan fingerprint density at radius 2 is 1.91 bits per heavy atom. The third-order valence-electron chi connectivity index (χ3n) is 7.57. The molecule has 2 saturated heterocycles. The van der Waals surface area contributed by atoms with Gasteiger partial charge in [0.2, 0.25) is 12.1 Å². The number of hydrogen-bond acceptors (Lipinski definition) is 8. The molecule has 10 atom stereocenters. The predicted molar refractivity (Wildman–Crippen MR) is 117 cm³/mol. The summed E-state index contributed by atoms with van der Waals surface area (Å²) in [5, 5.41) is 48.0. The largest absolute Gasteiger partial charge is 0.391 e. The van der Waals surface area contributed by atoms with Crippen LogP contribution in [0, 0.1) is 11.7 Å². The van der Waals surface area contributed by atoms with Gasteiger partial charge in [0, 0.05) is 12.3 Å². The van der Waals surface area contributed by atoms with Crippen LogP contribution in [0.2, 0.25) is 0 Å². The molecule has 0 aromatic heterocycles. The van der Waals surface area contributed by atoms with Gasteiger partial charge in [0.05, 0.1) is 24.4 Å². The van der Waals surface area contributed by atoms with E-state index in [4.69, 9.17) is 14.2 Å². The van der Waals surface area contributed by atoms with Gasteiger partial charge in [-0.1, -0.05) is 19.1 Å². The Labute approximate surface area is 193 Å². The van der Waals surface area contributed by atoms with E-state index in [1.165, 1.54) is 12.1 Å². The Balaban J connectivity index is 1.57. The van der Waals surface area contributed by atoms with Gasteiger partial charge in [-0.25, -0.2) is 4.39 Å². The molecule has 186 valence electrons. The SMILES string of the molecule is CC[C@@H]1[C@H](O)[C@H](NC)[C@H]2O[C@]3(O)[C@H](O[C@@H]2[C@H]1O)O[C@H](C)C[C@@]3(O)CCCc1cccc(F)c1. The van der Waals surface area contributed by atoms with E-state index in [1.807, 2.05) is 13.0 Å². The van der Waals surface area contributed by atoms with E-state index in [0.717, 1.165) is 5.56 Å². The molecule has 4 rings (SSSR count). The van der Waals surface area contributed by atoms with Gasteiger partial charge in [-0.05, 0) is 57.4 Å². The summed E-state index contributed by atoms with van der Waals surface area (Å²) in [5.41, 5.74) is -0.911. The summed E-state index contributed by atoms with van der Waals surface area (Å²) in [6.45, 7) is 3.65. The van der Waals surface area contributed by atoms with Gasteiger partial charge >= 0.3 is 0 Å². The fraction of sp³-hybridized carbons (Fsp3) is 0.750. The lowest BCUT2D eigenvalue weighted by Gasteiger charge is -2.60. The van der Waals surface area contributed by atoms with Gasteiger partial charge in [-0.2, -0.15) is 0 Å². The highest BCUT2D eigenvalue weighted by molar-refractivity contribution is 5.17. The smallest absolute Gasteiger partial charge is 0.248 e. The summed E-state index contributed by atoms with van der Waals surface area (Å²) in [6, 6.07) is 5.66. The van der Waals surface area contributed by atoms with Crippen molar-refractivity contribution in [2.45, 2.75) is 100 Å². The Kier molecular flexibility index (Phi) is 7.15. The van der Waals surface area contributed by atoms with Crippen LogP contribution in [0.15, 0.2) is 24.3 Å². The van der Waals surface area contributed by atoms with Crippen LogP contribution in [0.4, 0.5) is 4.39 Å². The molecule has 3 fully saturated rings. The van der Waals surface area contributed by atoms with E-state index in [2.05, 4.69) is 5.32 Å². The number of ether oxygens (including phenoxy) is 3. The van der Waals surface area contributed by atoms with E-state index in [-0.39, 0.29) is 18.7 Å². The molecule has 1 saturated carbocycles. The highest BCUT2D eigenvalue weighted by Crippen LogP contribution is 2.49. The maximum atomic E-state index is 13.5. The van der Waals surface area contributed by atoms with Gasteiger partial charge in [0.25, 0.3) is 0 Å². The number of aliphatic hydroxyl groups is 4. The van der Waals surface area contributed by atoms with E-state index >= 15 is 0 Å². The monoisotopic (exact) mass is 469 g/mol. The summed E-state index contributed by atoms with van der Waals surface area (Å²) in [5.74, 6) is -2.96. The minimum Gasteiger partial charge on any atom is -0.391 e. The molecule has 1 aliphatic carbocycles. The molecule has 0 radical (unpaired) electrons. The summed E-state index contributed by atoms with van der Waals surface area (Å²) in [4.78, 5) is 0. The number of fused-ring (bicyclic) bond motifs is 2. The van der Waals surface area contributed by atoms with Gasteiger partial charge in [0.15, 0.2) is 0 Å². The van der Waals surface area contributed by atoms with Crippen molar-refractivity contribution in [3.05, 3.63) is 35.6 Å². The molecule has 0 spiro atoms. The van der Waals surface area contributed by atoms with Crippen molar-refractivity contribution in [1.29, 1.82) is 0 Å². The van der Waals surface area contributed by atoms with Crippen molar-refractivity contribution in [2.24, 2.45) is 5.92 Å². The van der Waals surface area contributed by atoms with E-state index in [0.29, 0.717) is 19.3 Å². The molecule has 3 aliphatic rings. The fourth-order valence-electron chi connectivity index (χ4n) is 5.81. The second-order valence-electron chi connectivity index (χ2n) is 9.75. The molecule has 2 heterocycles. The highest BCUT2D eigenvalue weighted by Gasteiger charge is 2.68. The van der Waals surface area contributed by atoms with Crippen LogP contribution in [0.5, 0.6) is 0 Å². The first-order chi connectivity index (χ1) is 15.6. The molecule has 33 heavy (non-hydrogen) atoms. The van der Waals surface area contributed by atoms with E-state index < -0.39 is 60.2 Å². The Morgan fingerprint density at radius 1 is 1.15 bits per heavy atom. The molecule has 0 amide bonds. The van der Waals surface area contributed by atoms with E-state index in [1.54, 1.807) is 20.0 Å². The molecule has 9 heteroatoms. The number of rotatable bonds is 6. The Morgan fingerprint density at radius 3 is 2.58 bits per heavy atom. The van der Waals surface area contributed by atoms with Crippen molar-refractivity contribution < 1.29 is 39.0 Å². The molecule has 1 aromatic rings. The van der Waals surface area contributed by atoms with Crippen molar-refractivity contribution in [3.8, 4) is 0 Å². The minimum atomic E-state index is -2.20. The Bertz CT molecular complexity index is 830. The molecule has 0 bridgehead atoms. The predicted octanol–water partition coefficient (Wildman–Crippen LogP) is 0.837. The van der Waals surface area contributed by atoms with Crippen LogP contribution >= 0.6 is 0 Å². The molecular weight excluding hydrogens is 433 g/mol. The topological polar surface area (TPSA) is 121 Å². The van der Waals surface area contributed by atoms with Crippen molar-refractivity contribution >= 4 is 0 Å². The lowest BCUT2D eigenvalue weighted by atomic mass is 9.73. The fourth-order valence-corrected chi connectivity index (χ4v) is 5.81. The van der Waals surface area contributed by atoms with Crippen LogP contribution in [0.25, 0.3) is 0 Å². The average Bonchev–Trinajstić information content (AvgIpc) is 2.75. The second kappa shape index (κ2) is 9.47. The van der Waals surface area contributed by atoms with Gasteiger partial charge in [-0.15, -0.1) is 0 Å². The zero-order valence-corrected chi connectivity index (χ0v) is 19.4. The van der Waals surface area contributed by atoms with Crippen LogP contribution < -0.4 is 5.32 Å². The molecule has 0 unspecified atom stereocenters. The normalized spacial score (nSPS) is 45.3. The third-order valence-corrected chi connectivity index (χ3v) is 7.57. The van der Waals surface area contributed by atoms with Crippen LogP contribution in [0.1, 0.15) is 45.1 Å². The quantitative estimate of drug-likeness (QED) is 0.416. The summed E-state index contributed by atoms with van der Waals surface area (Å²) in [7, 11) is 1.67. The Hall–Kier alpha value is -1.17. The summed E-state index contributed by atoms with van der Waals surface area (Å²) in [6.07, 6.45) is -3.65. The number of nitrogens with one attached hydrogen (secondary N) is 1. The molecule has 5 N–H and O–H groups in total. The lowest BCUT2D eigenvalue weighted by molar-refractivity contribution is -0.485. The van der Waals surface area contributed by atoms with Crippen molar-refractivity contribution in [3.63, 3.8) is 0 Å². The van der Waals surface area contributed by atoms with E-state index in [9.17, 15) is 24.8 Å². The molecule has 1 aromatic carbocycles. The van der Waals surface area contributed by atoms with Gasteiger partial charge in [0.1, 0.15) is 23.6 Å². The molecular formula is C24H36FNO7. The van der Waals surface area contributed by atoms with Crippen LogP contribution in [0.3, 0.4) is 0 Å². The number of likely N-dealkylation sites (N-methyl/N-ethyl adjacent to an activating group) is 1. The number of benzene rings is 1. The zero-order valence-electron chi connectivity index (χ0n) is 19.4. The average molecular weight is 470 g/mol. The maximum Gasteiger partial charge on any atom is 0.248 e. The first-order valence-electron chi connectivity index (χ1n) is 11.8. The first-order valence-corrected chi connectivity index (χ1v) is 11.8. The standard InChI is InChI=1S/C24H36FNO7/c1-4-16-18(27)17(26-3)20-21(19(16)28)32-22-24(30,33-20)23(29,12-13(2)31-22)10-6-8-14-7-5-9-15(25)11-14/h5,7,9,11,13,16-22,26-30H,4,6,8,10,12H2,1-3H3/t13-,16-,17+,18+,19+,20-,21-,22+,23+,24-/m1/s1. The second-order valence-corrected chi connectivity index (χ2v) is 9.75. The van der Waals surface area contributed by atoms with Crippen LogP contribution in [-0.4, -0.2) is 81.7 Å². The number of aliphatic hydroxyl groups excluding tert-OH is 2. The van der Waals surface area contributed by atoms with Gasteiger partial charge < -0.3 is 40.0 Å². The summed E-state index contributed by atoms with van der Waals surface area (Å²) < 4.78 is 31.5. The summed E-state index contributed by atoms with van der Waals surface area (Å²) >= 11 is 0. The van der Waals surface area contributed by atoms with Crippen LogP contribution in [-0.2, 0) is 20.6 Å². The number of halogens is 1. The van der Waals surface area contributed by atoms with Crippen molar-refractivity contribution in [1.82, 2.24) is 5.32 Å². The molecule has 8 nitrogen and oxygen atoms in total. The molecule has 2 aliphatic heterocycles. The maximum absolute atomic E-state index is 13.5. The highest BCUT2D eigenvalue weighted by atomic mass is 19.1. The number of aryl methyl sites for hydroxylation is 1. The third kappa shape index (κ3) is 4.34. The zero-order chi connectivity index (χ0) is 24.0. The number of hydrogen-bond donors (Lipinski definition) is 5.